The van der Waals surface area contributed by atoms with Crippen molar-refractivity contribution in [1.82, 2.24) is 25.8 Å². The minimum atomic E-state index is -1.39. The third-order valence-electron chi connectivity index (χ3n) is 10.9. The first kappa shape index (κ1) is 46.5. The number of hydrogen-bond acceptors (Lipinski definition) is 9. The zero-order valence-electron chi connectivity index (χ0n) is 35.3. The van der Waals surface area contributed by atoms with E-state index in [1.807, 2.05) is 6.07 Å². The highest BCUT2D eigenvalue weighted by molar-refractivity contribution is 5.96. The first-order valence-electron chi connectivity index (χ1n) is 20.1. The smallest absolute Gasteiger partial charge is 0.329 e. The average molecular weight is 794 g/mol. The van der Waals surface area contributed by atoms with Crippen molar-refractivity contribution in [3.63, 3.8) is 0 Å². The Morgan fingerprint density at radius 1 is 0.825 bits per heavy atom. The summed E-state index contributed by atoms with van der Waals surface area (Å²) in [4.78, 5) is 101. The van der Waals surface area contributed by atoms with Gasteiger partial charge in [0.25, 0.3) is 5.91 Å². The minimum absolute atomic E-state index is 0.00596. The van der Waals surface area contributed by atoms with Crippen LogP contribution in [0.2, 0.25) is 0 Å². The summed E-state index contributed by atoms with van der Waals surface area (Å²) < 4.78 is 12.0. The summed E-state index contributed by atoms with van der Waals surface area (Å²) in [7, 11) is 1.46. The van der Waals surface area contributed by atoms with E-state index in [4.69, 9.17) is 15.9 Å². The summed E-state index contributed by atoms with van der Waals surface area (Å²) in [5.41, 5.74) is -0.678. The largest absolute Gasteiger partial charge is 0.460 e. The molecule has 2 aliphatic heterocycles. The summed E-state index contributed by atoms with van der Waals surface area (Å²) in [6.45, 7) is 15.3. The number of nitrogens with one attached hydrogen (secondary N) is 3. The predicted molar refractivity (Wildman–Crippen MR) is 214 cm³/mol. The molecule has 5 amide bonds. The van der Waals surface area contributed by atoms with Gasteiger partial charge in [0.15, 0.2) is 6.10 Å². The summed E-state index contributed by atoms with van der Waals surface area (Å²) in [5, 5.41) is 8.31. The first-order chi connectivity index (χ1) is 26.7. The number of carbonyl (C=O) groups excluding carboxylic acids is 7. The number of rotatable bonds is 8. The third kappa shape index (κ3) is 11.8. The van der Waals surface area contributed by atoms with Gasteiger partial charge in [-0.15, -0.1) is 12.3 Å². The Hall–Kier alpha value is -4.93. The lowest BCUT2D eigenvalue weighted by atomic mass is 9.82. The Morgan fingerprint density at radius 3 is 2.04 bits per heavy atom. The molecule has 14 heteroatoms. The molecule has 2 heterocycles. The van der Waals surface area contributed by atoms with E-state index in [-0.39, 0.29) is 19.4 Å². The summed E-state index contributed by atoms with van der Waals surface area (Å²) in [5.74, 6) is -3.34. The van der Waals surface area contributed by atoms with Crippen molar-refractivity contribution < 1.29 is 43.0 Å². The summed E-state index contributed by atoms with van der Waals surface area (Å²) in [6.07, 6.45) is 4.94. The molecule has 0 spiro atoms. The molecule has 0 radical (unpaired) electrons. The average Bonchev–Trinajstić information content (AvgIpc) is 3.64. The number of nitrogens with zero attached hydrogens (tertiary/aromatic N) is 2. The van der Waals surface area contributed by atoms with Gasteiger partial charge < -0.3 is 35.2 Å². The molecule has 2 saturated heterocycles. The van der Waals surface area contributed by atoms with E-state index in [0.29, 0.717) is 31.2 Å². The summed E-state index contributed by atoms with van der Waals surface area (Å²) in [6, 6.07) is 3.53. The second kappa shape index (κ2) is 20.5. The van der Waals surface area contributed by atoms with Gasteiger partial charge in [0.2, 0.25) is 23.6 Å². The molecule has 57 heavy (non-hydrogen) atoms. The number of ether oxygens (including phenoxy) is 2. The van der Waals surface area contributed by atoms with Crippen molar-refractivity contribution in [2.45, 2.75) is 143 Å². The molecular weight excluding hydrogens is 730 g/mol. The van der Waals surface area contributed by atoms with Crippen molar-refractivity contribution in [2.75, 3.05) is 13.6 Å². The maximum absolute atomic E-state index is 14.4. The Labute approximate surface area is 337 Å². The van der Waals surface area contributed by atoms with Gasteiger partial charge in [-0.25, -0.2) is 9.59 Å². The molecule has 1 aromatic carbocycles. The second-order valence-electron chi connectivity index (χ2n) is 16.8. The molecule has 2 aliphatic rings. The Bertz CT molecular complexity index is 1650. The molecule has 0 aliphatic carbocycles. The van der Waals surface area contributed by atoms with Gasteiger partial charge in [0.1, 0.15) is 36.3 Å². The lowest BCUT2D eigenvalue weighted by Crippen LogP contribution is -2.60. The molecule has 2 fully saturated rings. The van der Waals surface area contributed by atoms with Gasteiger partial charge in [0.05, 0.1) is 5.41 Å². The standard InChI is InChI=1S/C43H63N5O9/c1-12-13-15-22-32-43(9,10)42(55)46-34(26(4)5)39(52)47(11)35(27(6)7)41(54)56-31(24-29-19-16-14-17-20-29)38(51)48-23-18-21-30(48)36(49)45-33(25(2)3)37(50)44-28(8)40(53)57-32/h1,14,16-17,19-20,25-28,30-35H,13,15,18,21-24H2,2-11H3,(H,44,50)(H,45,49)(H,46,55)/t28-,30-,31-,32+,33?,34?,35+/m0/s1. The lowest BCUT2D eigenvalue weighted by Gasteiger charge is -2.38. The van der Waals surface area contributed by atoms with Crippen molar-refractivity contribution in [3.8, 4) is 12.3 Å². The van der Waals surface area contributed by atoms with Crippen LogP contribution in [0.1, 0.15) is 100.0 Å². The van der Waals surface area contributed by atoms with Crippen molar-refractivity contribution in [2.24, 2.45) is 23.2 Å². The lowest BCUT2D eigenvalue weighted by molar-refractivity contribution is -0.169. The first-order valence-corrected chi connectivity index (χ1v) is 20.1. The molecule has 1 aromatic rings. The van der Waals surface area contributed by atoms with Gasteiger partial charge >= 0.3 is 11.9 Å². The van der Waals surface area contributed by atoms with E-state index in [9.17, 15) is 33.6 Å². The van der Waals surface area contributed by atoms with Crippen LogP contribution in [-0.4, -0.2) is 107 Å². The van der Waals surface area contributed by atoms with Crippen LogP contribution in [-0.2, 0) is 49.5 Å². The Morgan fingerprint density at radius 2 is 1.46 bits per heavy atom. The van der Waals surface area contributed by atoms with Gasteiger partial charge in [-0.1, -0.05) is 71.9 Å². The van der Waals surface area contributed by atoms with Gasteiger partial charge in [-0.05, 0) is 69.8 Å². The highest BCUT2D eigenvalue weighted by Gasteiger charge is 2.45. The number of fused-ring (bicyclic) bond motifs is 1. The molecular formula is C43H63N5O9. The molecule has 14 nitrogen and oxygen atoms in total. The number of benzene rings is 1. The van der Waals surface area contributed by atoms with E-state index in [1.165, 1.54) is 23.8 Å². The Balaban J connectivity index is 2.15. The fourth-order valence-corrected chi connectivity index (χ4v) is 7.27. The SMILES string of the molecule is C#CCCC[C@H]1OC(=O)[C@H](C)NC(=O)C(C(C)C)NC(=O)[C@@H]2CCCN2C(=O)[C@H](Cc2ccccc2)OC(=O)[C@@H](C(C)C)N(C)C(=O)C(C(C)C)NC(=O)C1(C)C. The van der Waals surface area contributed by atoms with Crippen LogP contribution in [0.5, 0.6) is 0 Å². The number of esters is 2. The highest BCUT2D eigenvalue weighted by atomic mass is 16.6. The molecule has 2 unspecified atom stereocenters. The van der Waals surface area contributed by atoms with E-state index < -0.39 is 107 Å². The van der Waals surface area contributed by atoms with Crippen molar-refractivity contribution in [3.05, 3.63) is 35.9 Å². The van der Waals surface area contributed by atoms with Gasteiger partial charge in [-0.3, -0.25) is 24.0 Å². The molecule has 0 aromatic heterocycles. The van der Waals surface area contributed by atoms with Crippen LogP contribution in [0.3, 0.4) is 0 Å². The van der Waals surface area contributed by atoms with Gasteiger partial charge in [-0.2, -0.15) is 0 Å². The minimum Gasteiger partial charge on any atom is -0.460 e. The van der Waals surface area contributed by atoms with Crippen LogP contribution in [0, 0.1) is 35.5 Å². The second-order valence-corrected chi connectivity index (χ2v) is 16.8. The van der Waals surface area contributed by atoms with E-state index in [0.717, 1.165) is 0 Å². The fraction of sp³-hybridized carbons (Fsp3) is 0.651. The number of hydrogen-bond donors (Lipinski definition) is 3. The quantitative estimate of drug-likeness (QED) is 0.203. The predicted octanol–water partition coefficient (Wildman–Crippen LogP) is 3.16. The van der Waals surface area contributed by atoms with Crippen LogP contribution >= 0.6 is 0 Å². The van der Waals surface area contributed by atoms with E-state index in [1.54, 1.807) is 79.7 Å². The molecule has 0 bridgehead atoms. The number of cyclic esters (lactones) is 2. The zero-order valence-corrected chi connectivity index (χ0v) is 35.3. The maximum atomic E-state index is 14.4. The number of terminal acetylenes is 1. The van der Waals surface area contributed by atoms with E-state index >= 15 is 0 Å². The van der Waals surface area contributed by atoms with Crippen molar-refractivity contribution in [1.29, 1.82) is 0 Å². The molecule has 314 valence electrons. The van der Waals surface area contributed by atoms with E-state index in [2.05, 4.69) is 21.9 Å². The monoisotopic (exact) mass is 793 g/mol. The topological polar surface area (TPSA) is 181 Å². The maximum Gasteiger partial charge on any atom is 0.329 e. The molecule has 3 rings (SSSR count). The summed E-state index contributed by atoms with van der Waals surface area (Å²) >= 11 is 0. The molecule has 3 N–H and O–H groups in total. The number of likely N-dealkylation sites (N-methyl/N-ethyl adjacent to an activating group) is 1. The number of unbranched alkanes of at least 4 members (excludes halogenated alkanes) is 1. The fourth-order valence-electron chi connectivity index (χ4n) is 7.27. The molecule has 7 atom stereocenters. The Kier molecular flexibility index (Phi) is 16.7. The number of carbonyl (C=O) groups is 7. The normalized spacial score (nSPS) is 27.4. The van der Waals surface area contributed by atoms with Crippen LogP contribution in [0.4, 0.5) is 0 Å². The zero-order chi connectivity index (χ0) is 42.8. The van der Waals surface area contributed by atoms with Crippen LogP contribution in [0.25, 0.3) is 0 Å². The highest BCUT2D eigenvalue weighted by Crippen LogP contribution is 2.30. The van der Waals surface area contributed by atoms with Crippen LogP contribution < -0.4 is 16.0 Å². The van der Waals surface area contributed by atoms with Crippen LogP contribution in [0.15, 0.2) is 30.3 Å². The van der Waals surface area contributed by atoms with Crippen molar-refractivity contribution >= 4 is 41.5 Å². The number of amides is 5. The third-order valence-corrected chi connectivity index (χ3v) is 10.9. The molecule has 0 saturated carbocycles. The van der Waals surface area contributed by atoms with Gasteiger partial charge in [0, 0.05) is 26.4 Å².